The van der Waals surface area contributed by atoms with E-state index in [0.717, 1.165) is 22.4 Å². The number of para-hydroxylation sites is 1. The predicted octanol–water partition coefficient (Wildman–Crippen LogP) is 3.43. The highest BCUT2D eigenvalue weighted by molar-refractivity contribution is 5.96. The monoisotopic (exact) mass is 384 g/mol. The second kappa shape index (κ2) is 9.78. The van der Waals surface area contributed by atoms with E-state index in [1.54, 1.807) is 32.4 Å². The minimum absolute atomic E-state index is 0.0853. The summed E-state index contributed by atoms with van der Waals surface area (Å²) in [6.45, 7) is 6.03. The molecule has 0 saturated heterocycles. The fourth-order valence-electron chi connectivity index (χ4n) is 2.94. The van der Waals surface area contributed by atoms with Crippen molar-refractivity contribution >= 4 is 17.5 Å². The fraction of sp³-hybridized carbons (Fsp3) is 0.364. The molecule has 2 N–H and O–H groups in total. The SMILES string of the molecule is COc1ccc(CC(=O)NCC(=O)Nc2c(C)cccc2C(C)C)cc1OC. The largest absolute Gasteiger partial charge is 0.493 e. The van der Waals surface area contributed by atoms with Crippen LogP contribution in [0.5, 0.6) is 11.5 Å². The Morgan fingerprint density at radius 2 is 1.71 bits per heavy atom. The normalized spacial score (nSPS) is 10.5. The third-order valence-corrected chi connectivity index (χ3v) is 4.45. The first-order valence-electron chi connectivity index (χ1n) is 9.22. The van der Waals surface area contributed by atoms with E-state index in [9.17, 15) is 9.59 Å². The Morgan fingerprint density at radius 1 is 1.00 bits per heavy atom. The molecule has 0 fully saturated rings. The first-order chi connectivity index (χ1) is 13.3. The molecule has 0 saturated carbocycles. The summed E-state index contributed by atoms with van der Waals surface area (Å²) < 4.78 is 10.4. The maximum atomic E-state index is 12.3. The van der Waals surface area contributed by atoms with Crippen LogP contribution in [0.1, 0.15) is 36.5 Å². The Balaban J connectivity index is 1.94. The van der Waals surface area contributed by atoms with Crippen molar-refractivity contribution in [2.75, 3.05) is 26.1 Å². The van der Waals surface area contributed by atoms with Gasteiger partial charge in [0.05, 0.1) is 27.2 Å². The van der Waals surface area contributed by atoms with Gasteiger partial charge in [-0.25, -0.2) is 0 Å². The second-order valence-electron chi connectivity index (χ2n) is 6.88. The lowest BCUT2D eigenvalue weighted by Crippen LogP contribution is -2.34. The maximum absolute atomic E-state index is 12.3. The van der Waals surface area contributed by atoms with Gasteiger partial charge in [-0.1, -0.05) is 38.1 Å². The molecule has 0 aromatic heterocycles. The van der Waals surface area contributed by atoms with Gasteiger partial charge in [-0.3, -0.25) is 9.59 Å². The molecule has 2 rings (SSSR count). The molecular weight excluding hydrogens is 356 g/mol. The van der Waals surface area contributed by atoms with Gasteiger partial charge in [0.25, 0.3) is 0 Å². The van der Waals surface area contributed by atoms with Crippen molar-refractivity contribution in [3.05, 3.63) is 53.1 Å². The van der Waals surface area contributed by atoms with Gasteiger partial charge in [-0.05, 0) is 41.7 Å². The molecule has 28 heavy (non-hydrogen) atoms. The Bertz CT molecular complexity index is 846. The Labute approximate surface area is 166 Å². The van der Waals surface area contributed by atoms with Crippen LogP contribution >= 0.6 is 0 Å². The zero-order valence-corrected chi connectivity index (χ0v) is 17.1. The highest BCUT2D eigenvalue weighted by Crippen LogP contribution is 2.28. The summed E-state index contributed by atoms with van der Waals surface area (Å²) in [6.07, 6.45) is 0.148. The number of carbonyl (C=O) groups is 2. The molecule has 0 aliphatic heterocycles. The molecule has 0 heterocycles. The number of ether oxygens (including phenoxy) is 2. The molecule has 0 spiro atoms. The molecule has 0 bridgehead atoms. The first-order valence-corrected chi connectivity index (χ1v) is 9.22. The second-order valence-corrected chi connectivity index (χ2v) is 6.88. The summed E-state index contributed by atoms with van der Waals surface area (Å²) in [4.78, 5) is 24.5. The molecule has 6 heteroatoms. The number of nitrogens with one attached hydrogen (secondary N) is 2. The third-order valence-electron chi connectivity index (χ3n) is 4.45. The number of carbonyl (C=O) groups excluding carboxylic acids is 2. The van der Waals surface area contributed by atoms with Gasteiger partial charge in [0.1, 0.15) is 0 Å². The van der Waals surface area contributed by atoms with E-state index in [-0.39, 0.29) is 30.7 Å². The average molecular weight is 384 g/mol. The number of rotatable bonds is 8. The van der Waals surface area contributed by atoms with Crippen LogP contribution in [0.15, 0.2) is 36.4 Å². The van der Waals surface area contributed by atoms with E-state index < -0.39 is 0 Å². The number of hydrogen-bond donors (Lipinski definition) is 2. The first kappa shape index (κ1) is 21.3. The molecule has 2 aromatic rings. The lowest BCUT2D eigenvalue weighted by Gasteiger charge is -2.16. The number of amides is 2. The van der Waals surface area contributed by atoms with Crippen molar-refractivity contribution in [2.24, 2.45) is 0 Å². The van der Waals surface area contributed by atoms with Gasteiger partial charge in [-0.15, -0.1) is 0 Å². The summed E-state index contributed by atoms with van der Waals surface area (Å²) in [6, 6.07) is 11.2. The van der Waals surface area contributed by atoms with Crippen molar-refractivity contribution in [1.29, 1.82) is 0 Å². The highest BCUT2D eigenvalue weighted by Gasteiger charge is 2.13. The molecule has 0 unspecified atom stereocenters. The molecule has 2 amide bonds. The van der Waals surface area contributed by atoms with Gasteiger partial charge < -0.3 is 20.1 Å². The highest BCUT2D eigenvalue weighted by atomic mass is 16.5. The van der Waals surface area contributed by atoms with Crippen LogP contribution < -0.4 is 20.1 Å². The molecule has 0 aliphatic carbocycles. The Morgan fingerprint density at radius 3 is 2.36 bits per heavy atom. The smallest absolute Gasteiger partial charge is 0.243 e. The van der Waals surface area contributed by atoms with E-state index >= 15 is 0 Å². The molecule has 0 radical (unpaired) electrons. The molecule has 2 aromatic carbocycles. The van der Waals surface area contributed by atoms with Crippen LogP contribution in [0.4, 0.5) is 5.69 Å². The lowest BCUT2D eigenvalue weighted by molar-refractivity contribution is -0.123. The number of hydrogen-bond acceptors (Lipinski definition) is 4. The van der Waals surface area contributed by atoms with E-state index in [1.807, 2.05) is 25.1 Å². The summed E-state index contributed by atoms with van der Waals surface area (Å²) >= 11 is 0. The van der Waals surface area contributed by atoms with E-state index in [2.05, 4.69) is 24.5 Å². The quantitative estimate of drug-likeness (QED) is 0.731. The number of methoxy groups -OCH3 is 2. The number of aryl methyl sites for hydroxylation is 1. The zero-order chi connectivity index (χ0) is 20.7. The lowest BCUT2D eigenvalue weighted by atomic mass is 9.98. The molecule has 0 atom stereocenters. The van der Waals surface area contributed by atoms with Crippen LogP contribution in [0.25, 0.3) is 0 Å². The minimum atomic E-state index is -0.253. The molecule has 0 aliphatic rings. The van der Waals surface area contributed by atoms with Crippen molar-refractivity contribution < 1.29 is 19.1 Å². The van der Waals surface area contributed by atoms with Gasteiger partial charge in [0.2, 0.25) is 11.8 Å². The van der Waals surface area contributed by atoms with E-state index in [0.29, 0.717) is 11.5 Å². The van der Waals surface area contributed by atoms with Crippen LogP contribution in [-0.4, -0.2) is 32.6 Å². The number of anilines is 1. The molecular formula is C22H28N2O4. The Kier molecular flexibility index (Phi) is 7.44. The van der Waals surface area contributed by atoms with Crippen molar-refractivity contribution in [3.63, 3.8) is 0 Å². The van der Waals surface area contributed by atoms with Gasteiger partial charge in [-0.2, -0.15) is 0 Å². The van der Waals surface area contributed by atoms with Gasteiger partial charge >= 0.3 is 0 Å². The average Bonchev–Trinajstić information content (AvgIpc) is 2.67. The zero-order valence-electron chi connectivity index (χ0n) is 17.1. The summed E-state index contributed by atoms with van der Waals surface area (Å²) in [7, 11) is 3.10. The van der Waals surface area contributed by atoms with Gasteiger partial charge in [0, 0.05) is 5.69 Å². The Hall–Kier alpha value is -3.02. The van der Waals surface area contributed by atoms with Crippen LogP contribution in [0, 0.1) is 6.92 Å². The molecule has 150 valence electrons. The van der Waals surface area contributed by atoms with Crippen molar-refractivity contribution in [2.45, 2.75) is 33.1 Å². The number of benzene rings is 2. The summed E-state index contributed by atoms with van der Waals surface area (Å²) in [5, 5.41) is 5.58. The summed E-state index contributed by atoms with van der Waals surface area (Å²) in [5.74, 6) is 0.958. The summed E-state index contributed by atoms with van der Waals surface area (Å²) in [5.41, 5.74) is 3.66. The minimum Gasteiger partial charge on any atom is -0.493 e. The van der Waals surface area contributed by atoms with Crippen molar-refractivity contribution in [1.82, 2.24) is 5.32 Å². The van der Waals surface area contributed by atoms with Crippen molar-refractivity contribution in [3.8, 4) is 11.5 Å². The van der Waals surface area contributed by atoms with Gasteiger partial charge in [0.15, 0.2) is 11.5 Å². The standard InChI is InChI=1S/C22H28N2O4/c1-14(2)17-8-6-7-15(3)22(17)24-21(26)13-23-20(25)12-16-9-10-18(27-4)19(11-16)28-5/h6-11,14H,12-13H2,1-5H3,(H,23,25)(H,24,26). The fourth-order valence-corrected chi connectivity index (χ4v) is 2.94. The topological polar surface area (TPSA) is 76.7 Å². The predicted molar refractivity (Wildman–Crippen MR) is 110 cm³/mol. The maximum Gasteiger partial charge on any atom is 0.243 e. The van der Waals surface area contributed by atoms with Crippen LogP contribution in [-0.2, 0) is 16.0 Å². The van der Waals surface area contributed by atoms with E-state index in [4.69, 9.17) is 9.47 Å². The van der Waals surface area contributed by atoms with Crippen LogP contribution in [0.3, 0.4) is 0 Å². The third kappa shape index (κ3) is 5.49. The molecule has 6 nitrogen and oxygen atoms in total. The van der Waals surface area contributed by atoms with E-state index in [1.165, 1.54) is 0 Å². The van der Waals surface area contributed by atoms with Crippen LogP contribution in [0.2, 0.25) is 0 Å².